The summed E-state index contributed by atoms with van der Waals surface area (Å²) in [6, 6.07) is -0.468. The molecule has 3 nitrogen and oxygen atoms in total. The molecule has 0 rings (SSSR count). The number of esters is 1. The molecule has 0 aromatic heterocycles. The van der Waals surface area contributed by atoms with Gasteiger partial charge in [-0.05, 0) is 24.2 Å². The first-order chi connectivity index (χ1) is 6.72. The molecule has 1 unspecified atom stereocenters. The van der Waals surface area contributed by atoms with Gasteiger partial charge in [0.15, 0.2) is 0 Å². The third-order valence-electron chi connectivity index (χ3n) is 2.12. The predicted molar refractivity (Wildman–Crippen MR) is 62.5 cm³/mol. The molecule has 0 fully saturated rings. The lowest BCUT2D eigenvalue weighted by Crippen LogP contribution is -2.34. The molecule has 3 heteroatoms. The lowest BCUT2D eigenvalue weighted by atomic mass is 9.93. The Morgan fingerprint density at radius 3 is 2.27 bits per heavy atom. The number of ether oxygens (including phenoxy) is 1. The number of nitrogens with two attached hydrogens (primary N) is 1. The van der Waals surface area contributed by atoms with Crippen molar-refractivity contribution in [3.63, 3.8) is 0 Å². The molecule has 0 aliphatic heterocycles. The minimum absolute atomic E-state index is 0.197. The summed E-state index contributed by atoms with van der Waals surface area (Å²) < 4.78 is 5.12. The Kier molecular flexibility index (Phi) is 5.88. The number of hydrogen-bond donors (Lipinski definition) is 1. The molecule has 0 spiro atoms. The second-order valence-electron chi connectivity index (χ2n) is 5.71. The summed E-state index contributed by atoms with van der Waals surface area (Å²) in [6.45, 7) is 10.9. The summed E-state index contributed by atoms with van der Waals surface area (Å²) in [5.74, 6) is 0.156. The molecule has 0 aliphatic carbocycles. The summed E-state index contributed by atoms with van der Waals surface area (Å²) in [6.07, 6.45) is 1.56. The zero-order valence-electron chi connectivity index (χ0n) is 10.7. The lowest BCUT2D eigenvalue weighted by molar-refractivity contribution is -0.146. The van der Waals surface area contributed by atoms with Crippen molar-refractivity contribution in [1.82, 2.24) is 0 Å². The van der Waals surface area contributed by atoms with Crippen molar-refractivity contribution in [3.8, 4) is 0 Å². The second-order valence-corrected chi connectivity index (χ2v) is 5.71. The van der Waals surface area contributed by atoms with Gasteiger partial charge in [-0.2, -0.15) is 0 Å². The zero-order chi connectivity index (χ0) is 12.1. The number of rotatable bonds is 5. The van der Waals surface area contributed by atoms with E-state index in [4.69, 9.17) is 10.5 Å². The largest absolute Gasteiger partial charge is 0.465 e. The van der Waals surface area contributed by atoms with E-state index in [1.165, 1.54) is 0 Å². The summed E-state index contributed by atoms with van der Waals surface area (Å²) in [4.78, 5) is 11.4. The van der Waals surface area contributed by atoms with Gasteiger partial charge < -0.3 is 10.5 Å². The Balaban J connectivity index is 3.74. The maximum atomic E-state index is 11.4. The molecule has 0 amide bonds. The third kappa shape index (κ3) is 8.43. The zero-order valence-corrected chi connectivity index (χ0v) is 10.7. The van der Waals surface area contributed by atoms with E-state index in [0.29, 0.717) is 18.9 Å². The van der Waals surface area contributed by atoms with Gasteiger partial charge in [-0.15, -0.1) is 0 Å². The highest BCUT2D eigenvalue weighted by Gasteiger charge is 2.17. The van der Waals surface area contributed by atoms with Crippen LogP contribution in [0.1, 0.15) is 47.5 Å². The molecular formula is C12H25NO2. The quantitative estimate of drug-likeness (QED) is 0.716. The number of hydrogen-bond acceptors (Lipinski definition) is 3. The first-order valence-corrected chi connectivity index (χ1v) is 5.64. The number of carbonyl (C=O) groups excluding carboxylic acids is 1. The van der Waals surface area contributed by atoms with Crippen LogP contribution in [0.4, 0.5) is 0 Å². The van der Waals surface area contributed by atoms with E-state index in [1.807, 2.05) is 13.8 Å². The van der Waals surface area contributed by atoms with Crippen molar-refractivity contribution in [2.45, 2.75) is 53.5 Å². The van der Waals surface area contributed by atoms with Crippen LogP contribution < -0.4 is 5.73 Å². The van der Waals surface area contributed by atoms with Crippen molar-refractivity contribution in [3.05, 3.63) is 0 Å². The highest BCUT2D eigenvalue weighted by atomic mass is 16.5. The Hall–Kier alpha value is -0.570. The maximum absolute atomic E-state index is 11.4. The topological polar surface area (TPSA) is 52.3 Å². The van der Waals surface area contributed by atoms with Crippen LogP contribution in [0.5, 0.6) is 0 Å². The van der Waals surface area contributed by atoms with Gasteiger partial charge in [0.05, 0.1) is 6.61 Å². The number of carbonyl (C=O) groups is 1. The molecule has 1 atom stereocenters. The second kappa shape index (κ2) is 6.11. The molecule has 0 bridgehead atoms. The van der Waals surface area contributed by atoms with Gasteiger partial charge in [-0.3, -0.25) is 4.79 Å². The van der Waals surface area contributed by atoms with Gasteiger partial charge in [0.2, 0.25) is 0 Å². The molecule has 0 saturated heterocycles. The Labute approximate surface area is 93.4 Å². The van der Waals surface area contributed by atoms with Gasteiger partial charge in [0.1, 0.15) is 6.04 Å². The summed E-state index contributed by atoms with van der Waals surface area (Å²) >= 11 is 0. The average molecular weight is 215 g/mol. The van der Waals surface area contributed by atoms with Crippen LogP contribution in [0.15, 0.2) is 0 Å². The van der Waals surface area contributed by atoms with E-state index >= 15 is 0 Å². The van der Waals surface area contributed by atoms with E-state index in [9.17, 15) is 4.79 Å². The standard InChI is InChI=1S/C12H25NO2/c1-9(2)8-10(13)11(14)15-7-6-12(3,4)5/h9-10H,6-8,13H2,1-5H3. The molecule has 2 N–H and O–H groups in total. The molecular weight excluding hydrogens is 190 g/mol. The fourth-order valence-electron chi connectivity index (χ4n) is 1.17. The van der Waals surface area contributed by atoms with Gasteiger partial charge >= 0.3 is 5.97 Å². The predicted octanol–water partition coefficient (Wildman–Crippen LogP) is 2.34. The van der Waals surface area contributed by atoms with Crippen LogP contribution in [-0.4, -0.2) is 18.6 Å². The Bertz CT molecular complexity index is 194. The van der Waals surface area contributed by atoms with Crippen molar-refractivity contribution >= 4 is 5.97 Å². The monoisotopic (exact) mass is 215 g/mol. The summed E-state index contributed by atoms with van der Waals surface area (Å²) in [5.41, 5.74) is 5.89. The summed E-state index contributed by atoms with van der Waals surface area (Å²) in [7, 11) is 0. The fraction of sp³-hybridized carbons (Fsp3) is 0.917. The van der Waals surface area contributed by atoms with Gasteiger partial charge in [0.25, 0.3) is 0 Å². The van der Waals surface area contributed by atoms with E-state index in [0.717, 1.165) is 6.42 Å². The molecule has 0 aliphatic rings. The normalized spacial score (nSPS) is 14.1. The van der Waals surface area contributed by atoms with E-state index in [2.05, 4.69) is 20.8 Å². The third-order valence-corrected chi connectivity index (χ3v) is 2.12. The van der Waals surface area contributed by atoms with Gasteiger partial charge in [-0.25, -0.2) is 0 Å². The van der Waals surface area contributed by atoms with Gasteiger partial charge in [0, 0.05) is 0 Å². The smallest absolute Gasteiger partial charge is 0.322 e. The average Bonchev–Trinajstić information content (AvgIpc) is 2.00. The van der Waals surface area contributed by atoms with Crippen LogP contribution in [0.25, 0.3) is 0 Å². The summed E-state index contributed by atoms with van der Waals surface area (Å²) in [5, 5.41) is 0. The first-order valence-electron chi connectivity index (χ1n) is 5.64. The Morgan fingerprint density at radius 2 is 1.87 bits per heavy atom. The fourth-order valence-corrected chi connectivity index (χ4v) is 1.17. The highest BCUT2D eigenvalue weighted by Crippen LogP contribution is 2.18. The van der Waals surface area contributed by atoms with Crippen LogP contribution in [-0.2, 0) is 9.53 Å². The first kappa shape index (κ1) is 14.4. The van der Waals surface area contributed by atoms with Crippen molar-refractivity contribution < 1.29 is 9.53 Å². The molecule has 0 aromatic carbocycles. The molecule has 90 valence electrons. The van der Waals surface area contributed by atoms with E-state index in [-0.39, 0.29) is 11.4 Å². The maximum Gasteiger partial charge on any atom is 0.322 e. The highest BCUT2D eigenvalue weighted by molar-refractivity contribution is 5.75. The van der Waals surface area contributed by atoms with Crippen LogP contribution >= 0.6 is 0 Å². The van der Waals surface area contributed by atoms with E-state index in [1.54, 1.807) is 0 Å². The van der Waals surface area contributed by atoms with Gasteiger partial charge in [-0.1, -0.05) is 34.6 Å². The molecule has 0 saturated carbocycles. The lowest BCUT2D eigenvalue weighted by Gasteiger charge is -2.19. The van der Waals surface area contributed by atoms with Crippen LogP contribution in [0.2, 0.25) is 0 Å². The van der Waals surface area contributed by atoms with Crippen molar-refractivity contribution in [2.75, 3.05) is 6.61 Å². The Morgan fingerprint density at radius 1 is 1.33 bits per heavy atom. The minimum Gasteiger partial charge on any atom is -0.465 e. The van der Waals surface area contributed by atoms with Crippen LogP contribution in [0.3, 0.4) is 0 Å². The van der Waals surface area contributed by atoms with Crippen molar-refractivity contribution in [2.24, 2.45) is 17.1 Å². The molecule has 0 radical (unpaired) electrons. The molecule has 0 heterocycles. The minimum atomic E-state index is -0.468. The van der Waals surface area contributed by atoms with Crippen LogP contribution in [0, 0.1) is 11.3 Å². The van der Waals surface area contributed by atoms with Crippen molar-refractivity contribution in [1.29, 1.82) is 0 Å². The van der Waals surface area contributed by atoms with E-state index < -0.39 is 6.04 Å². The SMILES string of the molecule is CC(C)CC(N)C(=O)OCCC(C)(C)C. The molecule has 15 heavy (non-hydrogen) atoms. The molecule has 0 aromatic rings.